The van der Waals surface area contributed by atoms with Crippen molar-refractivity contribution >= 4 is 0 Å². The zero-order chi connectivity index (χ0) is 13.4. The maximum atomic E-state index is 13.5. The predicted molar refractivity (Wildman–Crippen MR) is 65.9 cm³/mol. The van der Waals surface area contributed by atoms with Crippen LogP contribution in [0.15, 0.2) is 18.2 Å². The lowest BCUT2D eigenvalue weighted by molar-refractivity contribution is -0.0247. The Kier molecular flexibility index (Phi) is 3.41. The molecule has 1 heterocycles. The average molecular weight is 269 g/mol. The summed E-state index contributed by atoms with van der Waals surface area (Å²) >= 11 is 0. The molecule has 4 atom stereocenters. The molecular weight excluding hydrogens is 252 g/mol. The summed E-state index contributed by atoms with van der Waals surface area (Å²) in [5, 5.41) is 13.4. The summed E-state index contributed by atoms with van der Waals surface area (Å²) in [5.41, 5.74) is 0. The van der Waals surface area contributed by atoms with Crippen molar-refractivity contribution in [3.8, 4) is 5.75 Å². The van der Waals surface area contributed by atoms with E-state index in [2.05, 4.69) is 5.32 Å². The summed E-state index contributed by atoms with van der Waals surface area (Å²) < 4.78 is 32.1. The Bertz CT molecular complexity index is 469. The zero-order valence-corrected chi connectivity index (χ0v) is 10.5. The summed E-state index contributed by atoms with van der Waals surface area (Å²) in [7, 11) is 0. The van der Waals surface area contributed by atoms with E-state index in [1.165, 1.54) is 0 Å². The number of aliphatic hydroxyl groups is 1. The lowest BCUT2D eigenvalue weighted by atomic mass is 9.78. The molecule has 0 aromatic heterocycles. The number of halogens is 2. The third-order valence-electron chi connectivity index (χ3n) is 4.16. The van der Waals surface area contributed by atoms with Crippen LogP contribution in [0.2, 0.25) is 0 Å². The minimum atomic E-state index is -0.621. The highest BCUT2D eigenvalue weighted by atomic mass is 19.1. The smallest absolute Gasteiger partial charge is 0.165 e. The van der Waals surface area contributed by atoms with Gasteiger partial charge >= 0.3 is 0 Å². The molecule has 0 bridgehead atoms. The fraction of sp³-hybridized carbons (Fsp3) is 0.571. The number of rotatable bonds is 2. The Hall–Kier alpha value is -1.20. The van der Waals surface area contributed by atoms with E-state index in [1.54, 1.807) is 0 Å². The van der Waals surface area contributed by atoms with Crippen LogP contribution >= 0.6 is 0 Å². The van der Waals surface area contributed by atoms with E-state index in [0.29, 0.717) is 24.7 Å². The Labute approximate surface area is 110 Å². The second kappa shape index (κ2) is 5.06. The Balaban J connectivity index is 1.73. The maximum absolute atomic E-state index is 13.5. The van der Waals surface area contributed by atoms with Crippen LogP contribution in [-0.4, -0.2) is 30.4 Å². The van der Waals surface area contributed by atoms with E-state index in [-0.39, 0.29) is 5.75 Å². The minimum Gasteiger partial charge on any atom is -0.485 e. The van der Waals surface area contributed by atoms with Crippen molar-refractivity contribution in [2.75, 3.05) is 13.1 Å². The van der Waals surface area contributed by atoms with Crippen molar-refractivity contribution in [3.05, 3.63) is 29.8 Å². The standard InChI is InChI=1S/C14H17F2NO2/c15-10-1-2-11(16)13(5-10)19-14-4-9-7-17-6-8(9)3-12(14)18/h1-2,5,8-9,12,14,17-18H,3-4,6-7H2/t8-,9+,12+,14+/m0/s1. The number of aliphatic hydroxyl groups excluding tert-OH is 1. The van der Waals surface area contributed by atoms with Gasteiger partial charge in [-0.3, -0.25) is 0 Å². The highest BCUT2D eigenvalue weighted by molar-refractivity contribution is 5.25. The summed E-state index contributed by atoms with van der Waals surface area (Å²) in [6.07, 6.45) is 0.245. The van der Waals surface area contributed by atoms with Gasteiger partial charge in [-0.15, -0.1) is 0 Å². The molecule has 0 radical (unpaired) electrons. The number of benzene rings is 1. The highest BCUT2D eigenvalue weighted by Gasteiger charge is 2.40. The topological polar surface area (TPSA) is 41.5 Å². The first-order chi connectivity index (χ1) is 9.13. The van der Waals surface area contributed by atoms with Crippen molar-refractivity contribution in [3.63, 3.8) is 0 Å². The molecule has 1 aliphatic carbocycles. The number of hydrogen-bond acceptors (Lipinski definition) is 3. The number of nitrogens with one attached hydrogen (secondary N) is 1. The molecule has 3 nitrogen and oxygen atoms in total. The number of hydrogen-bond donors (Lipinski definition) is 2. The van der Waals surface area contributed by atoms with Crippen LogP contribution in [0, 0.1) is 23.5 Å². The van der Waals surface area contributed by atoms with Gasteiger partial charge in [0.25, 0.3) is 0 Å². The second-order valence-corrected chi connectivity index (χ2v) is 5.45. The zero-order valence-electron chi connectivity index (χ0n) is 10.5. The normalized spacial score (nSPS) is 34.1. The van der Waals surface area contributed by atoms with E-state index in [4.69, 9.17) is 4.74 Å². The molecule has 0 unspecified atom stereocenters. The average Bonchev–Trinajstić information content (AvgIpc) is 2.81. The monoisotopic (exact) mass is 269 g/mol. The Morgan fingerprint density at radius 2 is 1.89 bits per heavy atom. The van der Waals surface area contributed by atoms with Crippen molar-refractivity contribution < 1.29 is 18.6 Å². The van der Waals surface area contributed by atoms with Crippen molar-refractivity contribution in [1.29, 1.82) is 0 Å². The molecule has 1 aliphatic heterocycles. The quantitative estimate of drug-likeness (QED) is 0.858. The van der Waals surface area contributed by atoms with Gasteiger partial charge < -0.3 is 15.2 Å². The lowest BCUT2D eigenvalue weighted by Crippen LogP contribution is -2.42. The van der Waals surface area contributed by atoms with Gasteiger partial charge in [-0.1, -0.05) is 0 Å². The van der Waals surface area contributed by atoms with Gasteiger partial charge in [0.2, 0.25) is 0 Å². The van der Waals surface area contributed by atoms with Gasteiger partial charge in [-0.2, -0.15) is 0 Å². The molecule has 0 amide bonds. The first kappa shape index (κ1) is 12.8. The van der Waals surface area contributed by atoms with Crippen LogP contribution in [-0.2, 0) is 0 Å². The molecule has 2 fully saturated rings. The van der Waals surface area contributed by atoms with Crippen molar-refractivity contribution in [2.45, 2.75) is 25.0 Å². The van der Waals surface area contributed by atoms with Crippen LogP contribution in [0.1, 0.15) is 12.8 Å². The molecule has 3 rings (SSSR count). The molecular formula is C14H17F2NO2. The fourth-order valence-electron chi connectivity index (χ4n) is 3.11. The van der Waals surface area contributed by atoms with Crippen LogP contribution in [0.5, 0.6) is 5.75 Å². The van der Waals surface area contributed by atoms with Crippen LogP contribution < -0.4 is 10.1 Å². The molecule has 19 heavy (non-hydrogen) atoms. The third kappa shape index (κ3) is 2.58. The Morgan fingerprint density at radius 3 is 2.68 bits per heavy atom. The van der Waals surface area contributed by atoms with Crippen LogP contribution in [0.25, 0.3) is 0 Å². The largest absolute Gasteiger partial charge is 0.485 e. The fourth-order valence-corrected chi connectivity index (χ4v) is 3.11. The molecule has 1 aromatic rings. The first-order valence-corrected chi connectivity index (χ1v) is 6.64. The van der Waals surface area contributed by atoms with Gasteiger partial charge in [-0.25, -0.2) is 8.78 Å². The first-order valence-electron chi connectivity index (χ1n) is 6.64. The van der Waals surface area contributed by atoms with E-state index >= 15 is 0 Å². The molecule has 0 spiro atoms. The molecule has 1 aromatic carbocycles. The van der Waals surface area contributed by atoms with E-state index < -0.39 is 23.8 Å². The number of fused-ring (bicyclic) bond motifs is 1. The lowest BCUT2D eigenvalue weighted by Gasteiger charge is -2.35. The second-order valence-electron chi connectivity index (χ2n) is 5.45. The summed E-state index contributed by atoms with van der Waals surface area (Å²) in [6.45, 7) is 1.83. The van der Waals surface area contributed by atoms with E-state index in [0.717, 1.165) is 31.3 Å². The maximum Gasteiger partial charge on any atom is 0.165 e. The van der Waals surface area contributed by atoms with Gasteiger partial charge in [0, 0.05) is 6.07 Å². The van der Waals surface area contributed by atoms with E-state index in [1.807, 2.05) is 0 Å². The summed E-state index contributed by atoms with van der Waals surface area (Å²) in [6, 6.07) is 3.12. The van der Waals surface area contributed by atoms with Gasteiger partial charge in [0.1, 0.15) is 11.9 Å². The van der Waals surface area contributed by atoms with Gasteiger partial charge in [-0.05, 0) is 49.9 Å². The molecule has 2 aliphatic rings. The van der Waals surface area contributed by atoms with Crippen molar-refractivity contribution in [1.82, 2.24) is 5.32 Å². The predicted octanol–water partition coefficient (Wildman–Crippen LogP) is 1.70. The third-order valence-corrected chi connectivity index (χ3v) is 4.16. The molecule has 2 N–H and O–H groups in total. The van der Waals surface area contributed by atoms with Gasteiger partial charge in [0.05, 0.1) is 6.10 Å². The summed E-state index contributed by atoms with van der Waals surface area (Å²) in [5.74, 6) is -0.340. The number of ether oxygens (including phenoxy) is 1. The van der Waals surface area contributed by atoms with Crippen LogP contribution in [0.4, 0.5) is 8.78 Å². The SMILES string of the molecule is O[C@@H]1C[C@H]2CNC[C@H]2C[C@H]1Oc1cc(F)ccc1F. The van der Waals surface area contributed by atoms with E-state index in [9.17, 15) is 13.9 Å². The molecule has 104 valence electrons. The van der Waals surface area contributed by atoms with Gasteiger partial charge in [0.15, 0.2) is 11.6 Å². The minimum absolute atomic E-state index is 0.117. The van der Waals surface area contributed by atoms with Crippen molar-refractivity contribution in [2.24, 2.45) is 11.8 Å². The molecule has 1 saturated carbocycles. The highest BCUT2D eigenvalue weighted by Crippen LogP contribution is 2.35. The van der Waals surface area contributed by atoms with Crippen LogP contribution in [0.3, 0.4) is 0 Å². The molecule has 5 heteroatoms. The summed E-state index contributed by atoms with van der Waals surface area (Å²) in [4.78, 5) is 0. The molecule has 1 saturated heterocycles. The Morgan fingerprint density at radius 1 is 1.16 bits per heavy atom.